The van der Waals surface area contributed by atoms with Gasteiger partial charge in [-0.15, -0.1) is 0 Å². The third-order valence-corrected chi connectivity index (χ3v) is 6.17. The van der Waals surface area contributed by atoms with E-state index >= 15 is 0 Å². The topological polar surface area (TPSA) is 85.5 Å². The first-order chi connectivity index (χ1) is 14.8. The molecule has 1 aliphatic heterocycles. The van der Waals surface area contributed by atoms with Gasteiger partial charge in [-0.05, 0) is 39.2 Å². The number of aryl methyl sites for hydroxylation is 2. The zero-order valence-corrected chi connectivity index (χ0v) is 19.3. The third-order valence-electron chi connectivity index (χ3n) is 6.17. The second-order valence-electron chi connectivity index (χ2n) is 8.17. The molecule has 1 amide bonds. The minimum Gasteiger partial charge on any atom is -0.383 e. The van der Waals surface area contributed by atoms with Gasteiger partial charge in [-0.1, -0.05) is 0 Å². The molecule has 1 unspecified atom stereocenters. The van der Waals surface area contributed by atoms with Gasteiger partial charge in [0.1, 0.15) is 0 Å². The van der Waals surface area contributed by atoms with Crippen molar-refractivity contribution in [3.05, 3.63) is 39.6 Å². The summed E-state index contributed by atoms with van der Waals surface area (Å²) < 4.78 is 8.41. The smallest absolute Gasteiger partial charge is 0.268 e. The molecule has 1 atom stereocenters. The maximum atomic E-state index is 13.0. The number of hydrogen-bond acceptors (Lipinski definition) is 6. The molecule has 0 saturated carbocycles. The number of methoxy groups -OCH3 is 1. The minimum atomic E-state index is -0.153. The van der Waals surface area contributed by atoms with Gasteiger partial charge in [0, 0.05) is 52.1 Å². The summed E-state index contributed by atoms with van der Waals surface area (Å²) >= 11 is 0. The number of carbonyl (C=O) groups excluding carboxylic acids is 1. The zero-order chi connectivity index (χ0) is 22.5. The van der Waals surface area contributed by atoms with Crippen molar-refractivity contribution in [2.45, 2.75) is 46.7 Å². The first-order valence-corrected chi connectivity index (χ1v) is 10.9. The quantitative estimate of drug-likeness (QED) is 0.595. The van der Waals surface area contributed by atoms with Gasteiger partial charge >= 0.3 is 0 Å². The summed E-state index contributed by atoms with van der Waals surface area (Å²) in [5.41, 5.74) is 4.07. The lowest BCUT2D eigenvalue weighted by Crippen LogP contribution is -2.36. The van der Waals surface area contributed by atoms with Crippen molar-refractivity contribution in [2.75, 3.05) is 45.3 Å². The predicted molar refractivity (Wildman–Crippen MR) is 119 cm³/mol. The van der Waals surface area contributed by atoms with E-state index in [1.165, 1.54) is 15.9 Å². The Balaban J connectivity index is 1.57. The van der Waals surface area contributed by atoms with Gasteiger partial charge in [0.05, 0.1) is 36.6 Å². The Kier molecular flexibility index (Phi) is 7.48. The van der Waals surface area contributed by atoms with Crippen molar-refractivity contribution in [2.24, 2.45) is 5.92 Å². The summed E-state index contributed by atoms with van der Waals surface area (Å²) in [6.07, 6.45) is 3.28. The van der Waals surface area contributed by atoms with Crippen LogP contribution in [0.4, 0.5) is 5.69 Å². The lowest BCUT2D eigenvalue weighted by atomic mass is 10.1. The summed E-state index contributed by atoms with van der Waals surface area (Å²) in [6.45, 7) is 9.95. The number of likely N-dealkylation sites (N-methyl/N-ethyl adjacent to an activating group) is 1. The molecule has 0 aromatic carbocycles. The molecule has 3 heterocycles. The first-order valence-electron chi connectivity index (χ1n) is 10.9. The van der Waals surface area contributed by atoms with Crippen molar-refractivity contribution in [3.63, 3.8) is 0 Å². The molecule has 1 saturated heterocycles. The molecule has 0 spiro atoms. The van der Waals surface area contributed by atoms with E-state index in [2.05, 4.69) is 28.9 Å². The normalized spacial score (nSPS) is 16.2. The summed E-state index contributed by atoms with van der Waals surface area (Å²) in [5.74, 6) is 0.0866. The maximum Gasteiger partial charge on any atom is 0.268 e. The highest BCUT2D eigenvalue weighted by Crippen LogP contribution is 2.24. The van der Waals surface area contributed by atoms with Crippen LogP contribution >= 0.6 is 0 Å². The van der Waals surface area contributed by atoms with Crippen LogP contribution in [0.3, 0.4) is 0 Å². The molecule has 0 aliphatic carbocycles. The number of hydrogen-bond donors (Lipinski definition) is 0. The highest BCUT2D eigenvalue weighted by atomic mass is 16.5. The first kappa shape index (κ1) is 23.0. The molecule has 3 rings (SSSR count). The minimum absolute atomic E-state index is 0.0681. The number of anilines is 1. The number of ether oxygens (including phenoxy) is 1. The zero-order valence-electron chi connectivity index (χ0n) is 19.3. The van der Waals surface area contributed by atoms with Crippen molar-refractivity contribution in [1.82, 2.24) is 24.5 Å². The SMILES string of the molecule is CCn1nc(C)c(CCN(C)C(=O)C2CCN(c3cnn(CCOC)c(=O)c3)C2)c1C. The fraction of sp³-hybridized carbons (Fsp3) is 0.636. The highest BCUT2D eigenvalue weighted by molar-refractivity contribution is 5.80. The van der Waals surface area contributed by atoms with Crippen LogP contribution in [-0.4, -0.2) is 70.8 Å². The van der Waals surface area contributed by atoms with Gasteiger partial charge in [-0.2, -0.15) is 10.2 Å². The molecule has 1 aliphatic rings. The van der Waals surface area contributed by atoms with Crippen LogP contribution in [-0.2, 0) is 29.0 Å². The standard InChI is InChI=1S/C22H34N6O3/c1-6-27-17(3)20(16(2)24-27)8-9-25(4)22(30)18-7-10-26(15-18)19-13-21(29)28(23-14-19)11-12-31-5/h13-14,18H,6-12,15H2,1-5H3. The molecule has 0 radical (unpaired) electrons. The molecular weight excluding hydrogens is 396 g/mol. The molecule has 2 aromatic rings. The number of rotatable bonds is 9. The van der Waals surface area contributed by atoms with Crippen LogP contribution in [0.1, 0.15) is 30.3 Å². The monoisotopic (exact) mass is 430 g/mol. The van der Waals surface area contributed by atoms with E-state index in [0.29, 0.717) is 26.2 Å². The molecule has 2 aromatic heterocycles. The van der Waals surface area contributed by atoms with Gasteiger partial charge in [0.15, 0.2) is 0 Å². The summed E-state index contributed by atoms with van der Waals surface area (Å²) in [4.78, 5) is 29.2. The van der Waals surface area contributed by atoms with Crippen LogP contribution < -0.4 is 10.5 Å². The summed E-state index contributed by atoms with van der Waals surface area (Å²) in [7, 11) is 3.47. The van der Waals surface area contributed by atoms with Crippen molar-refractivity contribution >= 4 is 11.6 Å². The molecule has 9 nitrogen and oxygen atoms in total. The predicted octanol–water partition coefficient (Wildman–Crippen LogP) is 1.25. The van der Waals surface area contributed by atoms with Crippen LogP contribution in [0.2, 0.25) is 0 Å². The Labute approximate surface area is 183 Å². The molecule has 1 fully saturated rings. The van der Waals surface area contributed by atoms with Crippen molar-refractivity contribution < 1.29 is 9.53 Å². The number of carbonyl (C=O) groups is 1. The third kappa shape index (κ3) is 5.15. The molecule has 9 heteroatoms. The van der Waals surface area contributed by atoms with Crippen LogP contribution in [0.25, 0.3) is 0 Å². The Bertz CT molecular complexity index is 967. The number of amides is 1. The van der Waals surface area contributed by atoms with E-state index in [0.717, 1.165) is 37.3 Å². The molecular formula is C22H34N6O3. The van der Waals surface area contributed by atoms with Crippen LogP contribution in [0, 0.1) is 19.8 Å². The summed E-state index contributed by atoms with van der Waals surface area (Å²) in [6, 6.07) is 1.59. The number of nitrogens with zero attached hydrogens (tertiary/aromatic N) is 6. The van der Waals surface area contributed by atoms with Crippen molar-refractivity contribution in [1.29, 1.82) is 0 Å². The van der Waals surface area contributed by atoms with Gasteiger partial charge < -0.3 is 14.5 Å². The van der Waals surface area contributed by atoms with Gasteiger partial charge in [0.25, 0.3) is 5.56 Å². The molecule has 31 heavy (non-hydrogen) atoms. The lowest BCUT2D eigenvalue weighted by molar-refractivity contribution is -0.133. The van der Waals surface area contributed by atoms with E-state index in [1.54, 1.807) is 19.4 Å². The average Bonchev–Trinajstić information content (AvgIpc) is 3.35. The number of aromatic nitrogens is 4. The second-order valence-corrected chi connectivity index (χ2v) is 8.17. The van der Waals surface area contributed by atoms with E-state index in [1.807, 2.05) is 23.6 Å². The van der Waals surface area contributed by atoms with E-state index < -0.39 is 0 Å². The van der Waals surface area contributed by atoms with Gasteiger partial charge in [-0.25, -0.2) is 4.68 Å². The molecule has 0 N–H and O–H groups in total. The van der Waals surface area contributed by atoms with E-state index in [9.17, 15) is 9.59 Å². The van der Waals surface area contributed by atoms with Gasteiger partial charge in [0.2, 0.25) is 5.91 Å². The van der Waals surface area contributed by atoms with Crippen LogP contribution in [0.15, 0.2) is 17.1 Å². The van der Waals surface area contributed by atoms with Crippen LogP contribution in [0.5, 0.6) is 0 Å². The Morgan fingerprint density at radius 2 is 2.10 bits per heavy atom. The maximum absolute atomic E-state index is 13.0. The fourth-order valence-corrected chi connectivity index (χ4v) is 4.24. The average molecular weight is 431 g/mol. The van der Waals surface area contributed by atoms with E-state index in [-0.39, 0.29) is 17.4 Å². The van der Waals surface area contributed by atoms with Gasteiger partial charge in [-0.3, -0.25) is 14.3 Å². The fourth-order valence-electron chi connectivity index (χ4n) is 4.24. The summed E-state index contributed by atoms with van der Waals surface area (Å²) in [5, 5.41) is 8.80. The molecule has 170 valence electrons. The second kappa shape index (κ2) is 10.1. The highest BCUT2D eigenvalue weighted by Gasteiger charge is 2.31. The lowest BCUT2D eigenvalue weighted by Gasteiger charge is -2.22. The largest absolute Gasteiger partial charge is 0.383 e. The Morgan fingerprint density at radius 1 is 1.32 bits per heavy atom. The van der Waals surface area contributed by atoms with Crippen molar-refractivity contribution in [3.8, 4) is 0 Å². The molecule has 0 bridgehead atoms. The Morgan fingerprint density at radius 3 is 2.74 bits per heavy atom. The Hall–Kier alpha value is -2.68. The van der Waals surface area contributed by atoms with E-state index in [4.69, 9.17) is 4.74 Å².